The van der Waals surface area contributed by atoms with E-state index in [0.29, 0.717) is 26.1 Å². The van der Waals surface area contributed by atoms with E-state index in [1.54, 1.807) is 12.1 Å². The molecule has 26 heavy (non-hydrogen) atoms. The minimum Gasteiger partial charge on any atom is -0.355 e. The number of aryl methyl sites for hydroxylation is 1. The maximum absolute atomic E-state index is 12.0. The molecule has 0 saturated carbocycles. The number of nitrogens with zero attached hydrogens (tertiary/aromatic N) is 1. The SMILES string of the molecule is Cc1ccc(CN(C)CC(=O)NCCc2ccc(S(N)(=O)=O)cc2)cc1. The van der Waals surface area contributed by atoms with E-state index in [4.69, 9.17) is 5.14 Å². The molecule has 0 heterocycles. The van der Waals surface area contributed by atoms with Crippen LogP contribution in [0.25, 0.3) is 0 Å². The van der Waals surface area contributed by atoms with Gasteiger partial charge in [-0.25, -0.2) is 13.6 Å². The van der Waals surface area contributed by atoms with Crippen molar-refractivity contribution in [2.45, 2.75) is 24.8 Å². The maximum atomic E-state index is 12.0. The summed E-state index contributed by atoms with van der Waals surface area (Å²) in [6, 6.07) is 14.6. The van der Waals surface area contributed by atoms with Gasteiger partial charge in [-0.1, -0.05) is 42.0 Å². The normalized spacial score (nSPS) is 11.5. The monoisotopic (exact) mass is 375 g/mol. The van der Waals surface area contributed by atoms with Crippen molar-refractivity contribution >= 4 is 15.9 Å². The van der Waals surface area contributed by atoms with E-state index >= 15 is 0 Å². The van der Waals surface area contributed by atoms with E-state index in [1.165, 1.54) is 23.3 Å². The fraction of sp³-hybridized carbons (Fsp3) is 0.316. The van der Waals surface area contributed by atoms with Gasteiger partial charge in [-0.2, -0.15) is 0 Å². The van der Waals surface area contributed by atoms with E-state index in [1.807, 2.05) is 18.9 Å². The van der Waals surface area contributed by atoms with Crippen LogP contribution < -0.4 is 10.5 Å². The molecule has 0 radical (unpaired) electrons. The molecule has 6 nitrogen and oxygen atoms in total. The summed E-state index contributed by atoms with van der Waals surface area (Å²) >= 11 is 0. The van der Waals surface area contributed by atoms with Crippen molar-refractivity contribution in [3.05, 3.63) is 65.2 Å². The molecule has 0 fully saturated rings. The summed E-state index contributed by atoms with van der Waals surface area (Å²) in [5, 5.41) is 7.94. The highest BCUT2D eigenvalue weighted by atomic mass is 32.2. The molecule has 0 aromatic heterocycles. The highest BCUT2D eigenvalue weighted by Crippen LogP contribution is 2.09. The molecule has 0 aliphatic carbocycles. The molecule has 7 heteroatoms. The second kappa shape index (κ2) is 8.93. The molecule has 0 atom stereocenters. The summed E-state index contributed by atoms with van der Waals surface area (Å²) < 4.78 is 22.4. The predicted octanol–water partition coefficient (Wildman–Crippen LogP) is 1.43. The lowest BCUT2D eigenvalue weighted by Crippen LogP contribution is -2.35. The number of carbonyl (C=O) groups is 1. The number of benzene rings is 2. The highest BCUT2D eigenvalue weighted by Gasteiger charge is 2.08. The molecule has 0 unspecified atom stereocenters. The van der Waals surface area contributed by atoms with Gasteiger partial charge in [0.2, 0.25) is 15.9 Å². The summed E-state index contributed by atoms with van der Waals surface area (Å²) in [4.78, 5) is 14.1. The molecule has 0 bridgehead atoms. The molecule has 0 saturated heterocycles. The van der Waals surface area contributed by atoms with Crippen molar-refractivity contribution in [2.24, 2.45) is 5.14 Å². The zero-order valence-corrected chi connectivity index (χ0v) is 15.9. The van der Waals surface area contributed by atoms with Crippen LogP contribution in [0, 0.1) is 6.92 Å². The summed E-state index contributed by atoms with van der Waals surface area (Å²) in [5.41, 5.74) is 3.32. The van der Waals surface area contributed by atoms with Crippen LogP contribution in [-0.2, 0) is 27.8 Å². The quantitative estimate of drug-likeness (QED) is 0.730. The molecular formula is C19H25N3O3S. The molecule has 0 aliphatic rings. The Hall–Kier alpha value is -2.22. The van der Waals surface area contributed by atoms with Gasteiger partial charge in [-0.05, 0) is 43.7 Å². The number of nitrogens with two attached hydrogens (primary N) is 1. The zero-order chi connectivity index (χ0) is 19.2. The number of rotatable bonds is 8. The third kappa shape index (κ3) is 6.59. The topological polar surface area (TPSA) is 92.5 Å². The van der Waals surface area contributed by atoms with Gasteiger partial charge in [0, 0.05) is 13.1 Å². The third-order valence-electron chi connectivity index (χ3n) is 3.97. The number of amides is 1. The summed E-state index contributed by atoms with van der Waals surface area (Å²) in [6.45, 7) is 3.57. The van der Waals surface area contributed by atoms with Crippen LogP contribution in [0.15, 0.2) is 53.4 Å². The third-order valence-corrected chi connectivity index (χ3v) is 4.90. The molecule has 2 rings (SSSR count). The van der Waals surface area contributed by atoms with Crippen LogP contribution in [-0.4, -0.2) is 39.4 Å². The lowest BCUT2D eigenvalue weighted by Gasteiger charge is -2.16. The van der Waals surface area contributed by atoms with Crippen LogP contribution >= 0.6 is 0 Å². The van der Waals surface area contributed by atoms with E-state index in [2.05, 4.69) is 29.6 Å². The summed E-state index contributed by atoms with van der Waals surface area (Å²) in [7, 11) is -1.76. The smallest absolute Gasteiger partial charge is 0.238 e. The van der Waals surface area contributed by atoms with Crippen molar-refractivity contribution in [2.75, 3.05) is 20.1 Å². The van der Waals surface area contributed by atoms with E-state index < -0.39 is 10.0 Å². The Morgan fingerprint density at radius 1 is 1.04 bits per heavy atom. The van der Waals surface area contributed by atoms with Crippen molar-refractivity contribution in [1.29, 1.82) is 0 Å². The second-order valence-corrected chi connectivity index (χ2v) is 8.01. The molecule has 3 N–H and O–H groups in total. The Labute approximate surface area is 155 Å². The molecular weight excluding hydrogens is 350 g/mol. The van der Waals surface area contributed by atoms with Gasteiger partial charge < -0.3 is 5.32 Å². The van der Waals surface area contributed by atoms with Crippen LogP contribution in [0.1, 0.15) is 16.7 Å². The first-order valence-electron chi connectivity index (χ1n) is 8.36. The van der Waals surface area contributed by atoms with E-state index in [-0.39, 0.29) is 10.8 Å². The van der Waals surface area contributed by atoms with Gasteiger partial charge in [-0.15, -0.1) is 0 Å². The minimum absolute atomic E-state index is 0.0410. The van der Waals surface area contributed by atoms with Crippen LogP contribution in [0.3, 0.4) is 0 Å². The lowest BCUT2D eigenvalue weighted by atomic mass is 10.1. The van der Waals surface area contributed by atoms with E-state index in [0.717, 1.165) is 5.56 Å². The summed E-state index contributed by atoms with van der Waals surface area (Å²) in [5.74, 6) is -0.0410. The fourth-order valence-electron chi connectivity index (χ4n) is 2.55. The van der Waals surface area contributed by atoms with Crippen molar-refractivity contribution in [3.63, 3.8) is 0 Å². The number of hydrogen-bond acceptors (Lipinski definition) is 4. The minimum atomic E-state index is -3.67. The second-order valence-electron chi connectivity index (χ2n) is 6.45. The molecule has 1 amide bonds. The molecule has 0 aliphatic heterocycles. The maximum Gasteiger partial charge on any atom is 0.238 e. The highest BCUT2D eigenvalue weighted by molar-refractivity contribution is 7.89. The first kappa shape index (κ1) is 20.1. The van der Waals surface area contributed by atoms with Gasteiger partial charge in [0.25, 0.3) is 0 Å². The number of hydrogen-bond donors (Lipinski definition) is 2. The average molecular weight is 375 g/mol. The number of sulfonamides is 1. The fourth-order valence-corrected chi connectivity index (χ4v) is 3.07. The van der Waals surface area contributed by atoms with Crippen molar-refractivity contribution < 1.29 is 13.2 Å². The molecule has 2 aromatic rings. The van der Waals surface area contributed by atoms with Crippen LogP contribution in [0.4, 0.5) is 0 Å². The van der Waals surface area contributed by atoms with Gasteiger partial charge in [0.05, 0.1) is 11.4 Å². The standard InChI is InChI=1S/C19H25N3O3S/c1-15-3-5-17(6-4-15)13-22(2)14-19(23)21-12-11-16-7-9-18(10-8-16)26(20,24)25/h3-10H,11-14H2,1-2H3,(H,21,23)(H2,20,24,25). The molecule has 2 aromatic carbocycles. The Bertz CT molecular complexity index is 831. The Balaban J connectivity index is 1.73. The molecule has 140 valence electrons. The number of likely N-dealkylation sites (N-methyl/N-ethyl adjacent to an activating group) is 1. The Morgan fingerprint density at radius 2 is 1.62 bits per heavy atom. The van der Waals surface area contributed by atoms with Gasteiger partial charge >= 0.3 is 0 Å². The Kier molecular flexibility index (Phi) is 6.90. The number of nitrogens with one attached hydrogen (secondary N) is 1. The van der Waals surface area contributed by atoms with Crippen molar-refractivity contribution in [1.82, 2.24) is 10.2 Å². The van der Waals surface area contributed by atoms with Gasteiger partial charge in [0.1, 0.15) is 0 Å². The van der Waals surface area contributed by atoms with Gasteiger partial charge in [-0.3, -0.25) is 9.69 Å². The first-order valence-corrected chi connectivity index (χ1v) is 9.91. The first-order chi connectivity index (χ1) is 12.2. The largest absolute Gasteiger partial charge is 0.355 e. The van der Waals surface area contributed by atoms with E-state index in [9.17, 15) is 13.2 Å². The Morgan fingerprint density at radius 3 is 2.19 bits per heavy atom. The number of primary sulfonamides is 1. The number of carbonyl (C=O) groups excluding carboxylic acids is 1. The molecule has 0 spiro atoms. The van der Waals surface area contributed by atoms with Gasteiger partial charge in [0.15, 0.2) is 0 Å². The van der Waals surface area contributed by atoms with Crippen molar-refractivity contribution in [3.8, 4) is 0 Å². The van der Waals surface area contributed by atoms with Crippen LogP contribution in [0.2, 0.25) is 0 Å². The lowest BCUT2D eigenvalue weighted by molar-refractivity contribution is -0.122. The predicted molar refractivity (Wildman–Crippen MR) is 102 cm³/mol. The van der Waals surface area contributed by atoms with Crippen LogP contribution in [0.5, 0.6) is 0 Å². The average Bonchev–Trinajstić information content (AvgIpc) is 2.56. The zero-order valence-electron chi connectivity index (χ0n) is 15.1. The summed E-state index contributed by atoms with van der Waals surface area (Å²) in [6.07, 6.45) is 0.623.